The molecule has 1 aromatic carbocycles. The lowest BCUT2D eigenvalue weighted by Crippen LogP contribution is -1.94. The van der Waals surface area contributed by atoms with E-state index in [0.29, 0.717) is 0 Å². The number of benzene rings is 1. The van der Waals surface area contributed by atoms with Crippen molar-refractivity contribution in [1.29, 1.82) is 0 Å². The molecule has 5 heteroatoms. The maximum absolute atomic E-state index is 13.1. The minimum Gasteiger partial charge on any atom is -0.322 e. The van der Waals surface area contributed by atoms with Crippen LogP contribution in [0.25, 0.3) is 22.5 Å². The highest BCUT2D eigenvalue weighted by Crippen LogP contribution is 2.32. The third-order valence-corrected chi connectivity index (χ3v) is 4.08. The molecule has 3 aromatic rings. The minimum atomic E-state index is -0.246. The second-order valence-corrected chi connectivity index (χ2v) is 5.34. The van der Waals surface area contributed by atoms with E-state index in [2.05, 4.69) is 32.6 Å². The van der Waals surface area contributed by atoms with E-state index in [-0.39, 0.29) is 5.82 Å². The summed E-state index contributed by atoms with van der Waals surface area (Å²) < 4.78 is 16.0. The molecule has 0 saturated carbocycles. The van der Waals surface area contributed by atoms with Gasteiger partial charge in [-0.2, -0.15) is 0 Å². The Morgan fingerprint density at radius 2 is 1.65 bits per heavy atom. The van der Waals surface area contributed by atoms with Crippen LogP contribution in [0, 0.1) is 9.65 Å². The van der Waals surface area contributed by atoms with Gasteiger partial charge in [-0.3, -0.25) is 4.98 Å². The lowest BCUT2D eigenvalue weighted by Gasteiger charge is -2.06. The topological polar surface area (TPSA) is 30.7 Å². The lowest BCUT2D eigenvalue weighted by molar-refractivity contribution is 0.628. The van der Waals surface area contributed by atoms with Crippen LogP contribution < -0.4 is 0 Å². The van der Waals surface area contributed by atoms with E-state index in [4.69, 9.17) is 0 Å². The Labute approximate surface area is 129 Å². The molecule has 20 heavy (non-hydrogen) atoms. The zero-order valence-electron chi connectivity index (χ0n) is 10.7. The van der Waals surface area contributed by atoms with Crippen molar-refractivity contribution in [3.63, 3.8) is 0 Å². The molecule has 0 saturated heterocycles. The van der Waals surface area contributed by atoms with Crippen LogP contribution in [0.15, 0.2) is 48.8 Å². The van der Waals surface area contributed by atoms with Gasteiger partial charge in [0.15, 0.2) is 3.83 Å². The smallest absolute Gasteiger partial charge is 0.172 e. The molecule has 0 bridgehead atoms. The Kier molecular flexibility index (Phi) is 3.52. The molecule has 0 atom stereocenters. The van der Waals surface area contributed by atoms with Crippen molar-refractivity contribution in [3.05, 3.63) is 58.4 Å². The molecule has 0 radical (unpaired) electrons. The summed E-state index contributed by atoms with van der Waals surface area (Å²) in [6.45, 7) is 0. The van der Waals surface area contributed by atoms with E-state index in [1.165, 1.54) is 12.1 Å². The first-order chi connectivity index (χ1) is 9.66. The highest BCUT2D eigenvalue weighted by molar-refractivity contribution is 14.1. The van der Waals surface area contributed by atoms with Gasteiger partial charge in [-0.25, -0.2) is 9.37 Å². The minimum absolute atomic E-state index is 0.246. The van der Waals surface area contributed by atoms with Gasteiger partial charge in [0.2, 0.25) is 0 Å². The first kappa shape index (κ1) is 13.2. The fourth-order valence-corrected chi connectivity index (χ4v) is 2.60. The van der Waals surface area contributed by atoms with Crippen molar-refractivity contribution in [2.24, 2.45) is 7.05 Å². The number of pyridine rings is 1. The van der Waals surface area contributed by atoms with Crippen molar-refractivity contribution in [2.75, 3.05) is 0 Å². The SMILES string of the molecule is Cn1c(I)nc(-c2ccc(F)cc2)c1-c1ccncc1. The molecule has 100 valence electrons. The monoisotopic (exact) mass is 379 g/mol. The third-order valence-electron chi connectivity index (χ3n) is 3.11. The van der Waals surface area contributed by atoms with Crippen LogP contribution in [0.2, 0.25) is 0 Å². The van der Waals surface area contributed by atoms with Gasteiger partial charge in [-0.1, -0.05) is 0 Å². The van der Waals surface area contributed by atoms with Crippen molar-refractivity contribution in [1.82, 2.24) is 14.5 Å². The maximum Gasteiger partial charge on any atom is 0.172 e. The molecule has 2 aromatic heterocycles. The molecule has 0 N–H and O–H groups in total. The Morgan fingerprint density at radius 1 is 1.00 bits per heavy atom. The highest BCUT2D eigenvalue weighted by atomic mass is 127. The summed E-state index contributed by atoms with van der Waals surface area (Å²) in [5, 5.41) is 0. The standard InChI is InChI=1S/C15H11FIN3/c1-20-14(11-6-8-18-9-7-11)13(19-15(20)17)10-2-4-12(16)5-3-10/h2-9H,1H3. The molecule has 0 aliphatic heterocycles. The van der Waals surface area contributed by atoms with E-state index in [0.717, 1.165) is 26.3 Å². The van der Waals surface area contributed by atoms with Crippen LogP contribution in [-0.4, -0.2) is 14.5 Å². The van der Waals surface area contributed by atoms with Crippen molar-refractivity contribution < 1.29 is 4.39 Å². The van der Waals surface area contributed by atoms with Gasteiger partial charge in [0.25, 0.3) is 0 Å². The summed E-state index contributed by atoms with van der Waals surface area (Å²) in [4.78, 5) is 8.63. The largest absolute Gasteiger partial charge is 0.322 e. The predicted octanol–water partition coefficient (Wildman–Crippen LogP) is 3.89. The first-order valence-corrected chi connectivity index (χ1v) is 7.13. The number of imidazole rings is 1. The zero-order chi connectivity index (χ0) is 14.1. The normalized spacial score (nSPS) is 10.8. The Balaban J connectivity index is 2.22. The van der Waals surface area contributed by atoms with Gasteiger partial charge < -0.3 is 4.57 Å². The molecule has 0 spiro atoms. The fraction of sp³-hybridized carbons (Fsp3) is 0.0667. The summed E-state index contributed by atoms with van der Waals surface area (Å²) in [7, 11) is 1.97. The Bertz CT molecular complexity index is 736. The molecule has 0 fully saturated rings. The predicted molar refractivity (Wildman–Crippen MR) is 84.6 cm³/mol. The molecule has 3 nitrogen and oxygen atoms in total. The van der Waals surface area contributed by atoms with Gasteiger partial charge in [0.05, 0.1) is 11.4 Å². The quantitative estimate of drug-likeness (QED) is 0.633. The number of aromatic nitrogens is 3. The third kappa shape index (κ3) is 2.33. The fourth-order valence-electron chi connectivity index (χ4n) is 2.12. The van der Waals surface area contributed by atoms with Crippen LogP contribution >= 0.6 is 22.6 Å². The van der Waals surface area contributed by atoms with Gasteiger partial charge in [0.1, 0.15) is 5.82 Å². The van der Waals surface area contributed by atoms with E-state index in [1.54, 1.807) is 24.5 Å². The van der Waals surface area contributed by atoms with Crippen LogP contribution in [0.3, 0.4) is 0 Å². The number of hydrogen-bond donors (Lipinski definition) is 0. The zero-order valence-corrected chi connectivity index (χ0v) is 12.9. The van der Waals surface area contributed by atoms with Crippen molar-refractivity contribution in [2.45, 2.75) is 0 Å². The van der Waals surface area contributed by atoms with Gasteiger partial charge >= 0.3 is 0 Å². The summed E-state index contributed by atoms with van der Waals surface area (Å²) in [5.74, 6) is -0.246. The van der Waals surface area contributed by atoms with E-state index >= 15 is 0 Å². The van der Waals surface area contributed by atoms with Crippen molar-refractivity contribution >= 4 is 22.6 Å². The van der Waals surface area contributed by atoms with Crippen LogP contribution in [-0.2, 0) is 7.05 Å². The average molecular weight is 379 g/mol. The lowest BCUT2D eigenvalue weighted by atomic mass is 10.1. The van der Waals surface area contributed by atoms with Gasteiger partial charge in [-0.05, 0) is 59.0 Å². The molecule has 3 rings (SSSR count). The van der Waals surface area contributed by atoms with E-state index in [1.807, 2.05) is 23.7 Å². The van der Waals surface area contributed by atoms with E-state index < -0.39 is 0 Å². The summed E-state index contributed by atoms with van der Waals surface area (Å²) in [6.07, 6.45) is 3.51. The van der Waals surface area contributed by atoms with Gasteiger partial charge in [0, 0.05) is 30.6 Å². The van der Waals surface area contributed by atoms with Crippen LogP contribution in [0.4, 0.5) is 4.39 Å². The molecule has 0 amide bonds. The summed E-state index contributed by atoms with van der Waals surface area (Å²) in [5.41, 5.74) is 3.79. The molecular weight excluding hydrogens is 368 g/mol. The maximum atomic E-state index is 13.1. The van der Waals surface area contributed by atoms with Crippen LogP contribution in [0.5, 0.6) is 0 Å². The number of nitrogens with zero attached hydrogens (tertiary/aromatic N) is 3. The second kappa shape index (κ2) is 5.32. The average Bonchev–Trinajstić information content (AvgIpc) is 2.77. The Hall–Kier alpha value is -1.76. The molecule has 0 aliphatic rings. The van der Waals surface area contributed by atoms with Crippen molar-refractivity contribution in [3.8, 4) is 22.5 Å². The Morgan fingerprint density at radius 3 is 2.30 bits per heavy atom. The second-order valence-electron chi connectivity index (χ2n) is 4.38. The summed E-state index contributed by atoms with van der Waals surface area (Å²) in [6, 6.07) is 10.3. The molecular formula is C15H11FIN3. The van der Waals surface area contributed by atoms with Crippen LogP contribution in [0.1, 0.15) is 0 Å². The first-order valence-electron chi connectivity index (χ1n) is 6.05. The molecule has 2 heterocycles. The number of halogens is 2. The number of hydrogen-bond acceptors (Lipinski definition) is 2. The summed E-state index contributed by atoms with van der Waals surface area (Å²) >= 11 is 2.19. The van der Waals surface area contributed by atoms with E-state index in [9.17, 15) is 4.39 Å². The highest BCUT2D eigenvalue weighted by Gasteiger charge is 2.16. The molecule has 0 unspecified atom stereocenters. The van der Waals surface area contributed by atoms with Gasteiger partial charge in [-0.15, -0.1) is 0 Å². The number of rotatable bonds is 2. The molecule has 0 aliphatic carbocycles.